The smallest absolute Gasteiger partial charge is 0.115 e. The summed E-state index contributed by atoms with van der Waals surface area (Å²) in [5.41, 5.74) is 9.74. The van der Waals surface area contributed by atoms with Crippen molar-refractivity contribution in [2.24, 2.45) is 5.73 Å². The molecule has 0 aliphatic carbocycles. The van der Waals surface area contributed by atoms with E-state index in [0.29, 0.717) is 5.56 Å². The standard InChI is InChI=1S/C17H13N3S/c18-10-12-5-4-8-14(9-12)15-11-21-17(20-15)16(19)13-6-2-1-3-7-13/h1-9,11,16H,19H2. The first-order valence-electron chi connectivity index (χ1n) is 6.54. The molecule has 3 aromatic rings. The van der Waals surface area contributed by atoms with Crippen molar-refractivity contribution in [2.45, 2.75) is 6.04 Å². The molecule has 0 amide bonds. The Labute approximate surface area is 127 Å². The van der Waals surface area contributed by atoms with Crippen LogP contribution in [0.4, 0.5) is 0 Å². The Bertz CT molecular complexity index is 787. The van der Waals surface area contributed by atoms with E-state index < -0.39 is 0 Å². The Kier molecular flexibility index (Phi) is 3.78. The van der Waals surface area contributed by atoms with Gasteiger partial charge in [-0.15, -0.1) is 11.3 Å². The molecule has 1 unspecified atom stereocenters. The van der Waals surface area contributed by atoms with Crippen LogP contribution in [0.3, 0.4) is 0 Å². The fourth-order valence-corrected chi connectivity index (χ4v) is 2.97. The summed E-state index contributed by atoms with van der Waals surface area (Å²) < 4.78 is 0. The lowest BCUT2D eigenvalue weighted by molar-refractivity contribution is 0.859. The van der Waals surface area contributed by atoms with Crippen LogP contribution in [0, 0.1) is 11.3 Å². The van der Waals surface area contributed by atoms with Gasteiger partial charge in [0.2, 0.25) is 0 Å². The van der Waals surface area contributed by atoms with E-state index in [9.17, 15) is 0 Å². The van der Waals surface area contributed by atoms with Gasteiger partial charge in [-0.1, -0.05) is 42.5 Å². The highest BCUT2D eigenvalue weighted by Gasteiger charge is 2.13. The van der Waals surface area contributed by atoms with Gasteiger partial charge in [0.15, 0.2) is 0 Å². The van der Waals surface area contributed by atoms with Crippen LogP contribution < -0.4 is 5.73 Å². The average Bonchev–Trinajstić information content (AvgIpc) is 3.05. The highest BCUT2D eigenvalue weighted by Crippen LogP contribution is 2.28. The number of hydrogen-bond acceptors (Lipinski definition) is 4. The number of rotatable bonds is 3. The monoisotopic (exact) mass is 291 g/mol. The maximum atomic E-state index is 8.96. The molecule has 1 atom stereocenters. The van der Waals surface area contributed by atoms with Crippen molar-refractivity contribution in [3.63, 3.8) is 0 Å². The molecule has 0 saturated heterocycles. The summed E-state index contributed by atoms with van der Waals surface area (Å²) in [5.74, 6) is 0. The van der Waals surface area contributed by atoms with E-state index in [4.69, 9.17) is 11.0 Å². The molecule has 4 heteroatoms. The molecule has 1 aromatic heterocycles. The summed E-state index contributed by atoms with van der Waals surface area (Å²) in [6, 6.07) is 19.3. The van der Waals surface area contributed by atoms with Gasteiger partial charge in [-0.2, -0.15) is 5.26 Å². The van der Waals surface area contributed by atoms with Crippen molar-refractivity contribution in [1.82, 2.24) is 4.98 Å². The molecule has 21 heavy (non-hydrogen) atoms. The number of aromatic nitrogens is 1. The van der Waals surface area contributed by atoms with Crippen molar-refractivity contribution in [3.8, 4) is 17.3 Å². The zero-order valence-electron chi connectivity index (χ0n) is 11.2. The molecule has 2 aromatic carbocycles. The van der Waals surface area contributed by atoms with E-state index >= 15 is 0 Å². The zero-order valence-corrected chi connectivity index (χ0v) is 12.0. The van der Waals surface area contributed by atoms with E-state index in [0.717, 1.165) is 21.8 Å². The van der Waals surface area contributed by atoms with Gasteiger partial charge in [-0.25, -0.2) is 4.98 Å². The number of nitriles is 1. The topological polar surface area (TPSA) is 62.7 Å². The van der Waals surface area contributed by atoms with Crippen molar-refractivity contribution < 1.29 is 0 Å². The quantitative estimate of drug-likeness (QED) is 0.799. The second-order valence-corrected chi connectivity index (χ2v) is 5.54. The largest absolute Gasteiger partial charge is 0.318 e. The molecule has 0 spiro atoms. The second-order valence-electron chi connectivity index (χ2n) is 4.65. The molecule has 3 rings (SSSR count). The molecule has 0 saturated carbocycles. The first kappa shape index (κ1) is 13.5. The van der Waals surface area contributed by atoms with Crippen LogP contribution in [0.1, 0.15) is 22.2 Å². The number of benzene rings is 2. The first-order chi connectivity index (χ1) is 10.3. The highest BCUT2D eigenvalue weighted by atomic mass is 32.1. The average molecular weight is 291 g/mol. The summed E-state index contributed by atoms with van der Waals surface area (Å²) in [6.07, 6.45) is 0. The highest BCUT2D eigenvalue weighted by molar-refractivity contribution is 7.10. The summed E-state index contributed by atoms with van der Waals surface area (Å²) in [5, 5.41) is 11.8. The summed E-state index contributed by atoms with van der Waals surface area (Å²) in [7, 11) is 0. The van der Waals surface area contributed by atoms with Gasteiger partial charge < -0.3 is 5.73 Å². The molecule has 0 bridgehead atoms. The van der Waals surface area contributed by atoms with E-state index in [1.54, 1.807) is 17.4 Å². The van der Waals surface area contributed by atoms with Crippen molar-refractivity contribution in [2.75, 3.05) is 0 Å². The Hall–Kier alpha value is -2.48. The molecule has 3 nitrogen and oxygen atoms in total. The third-order valence-corrected chi connectivity index (χ3v) is 4.16. The van der Waals surface area contributed by atoms with Gasteiger partial charge in [0.25, 0.3) is 0 Å². The third kappa shape index (κ3) is 2.84. The Morgan fingerprint density at radius 3 is 2.67 bits per heavy atom. The van der Waals surface area contributed by atoms with E-state index in [1.807, 2.05) is 53.9 Å². The van der Waals surface area contributed by atoms with Gasteiger partial charge in [0.1, 0.15) is 5.01 Å². The molecular formula is C17H13N3S. The Morgan fingerprint density at radius 1 is 1.10 bits per heavy atom. The normalized spacial score (nSPS) is 11.8. The minimum absolute atomic E-state index is 0.218. The van der Waals surface area contributed by atoms with Crippen molar-refractivity contribution in [1.29, 1.82) is 5.26 Å². The Morgan fingerprint density at radius 2 is 1.90 bits per heavy atom. The van der Waals surface area contributed by atoms with Crippen LogP contribution in [0.25, 0.3) is 11.3 Å². The molecule has 0 aliphatic heterocycles. The second kappa shape index (κ2) is 5.88. The molecular weight excluding hydrogens is 278 g/mol. The first-order valence-corrected chi connectivity index (χ1v) is 7.42. The van der Waals surface area contributed by atoms with E-state index in [1.165, 1.54) is 0 Å². The van der Waals surface area contributed by atoms with Crippen LogP contribution in [-0.4, -0.2) is 4.98 Å². The molecule has 102 valence electrons. The number of nitrogens with two attached hydrogens (primary N) is 1. The van der Waals surface area contributed by atoms with Gasteiger partial charge in [0.05, 0.1) is 23.4 Å². The van der Waals surface area contributed by atoms with Crippen LogP contribution in [0.5, 0.6) is 0 Å². The molecule has 2 N–H and O–H groups in total. The summed E-state index contributed by atoms with van der Waals surface area (Å²) >= 11 is 1.54. The van der Waals surface area contributed by atoms with Crippen LogP contribution in [-0.2, 0) is 0 Å². The van der Waals surface area contributed by atoms with Crippen LogP contribution in [0.15, 0.2) is 60.0 Å². The predicted octanol–water partition coefficient (Wildman–Crippen LogP) is 3.73. The molecule has 0 radical (unpaired) electrons. The third-order valence-electron chi connectivity index (χ3n) is 3.23. The zero-order chi connectivity index (χ0) is 14.7. The SMILES string of the molecule is N#Cc1cccc(-c2csc(C(N)c3ccccc3)n2)c1. The predicted molar refractivity (Wildman–Crippen MR) is 84.7 cm³/mol. The van der Waals surface area contributed by atoms with Gasteiger partial charge >= 0.3 is 0 Å². The molecule has 1 heterocycles. The fourth-order valence-electron chi connectivity index (χ4n) is 2.11. The van der Waals surface area contributed by atoms with Gasteiger partial charge in [0, 0.05) is 10.9 Å². The van der Waals surface area contributed by atoms with E-state index in [-0.39, 0.29) is 6.04 Å². The van der Waals surface area contributed by atoms with Crippen LogP contribution in [0.2, 0.25) is 0 Å². The number of thiazole rings is 1. The number of nitrogens with zero attached hydrogens (tertiary/aromatic N) is 2. The minimum Gasteiger partial charge on any atom is -0.318 e. The van der Waals surface area contributed by atoms with E-state index in [2.05, 4.69) is 11.1 Å². The van der Waals surface area contributed by atoms with Crippen molar-refractivity contribution in [3.05, 3.63) is 76.1 Å². The lowest BCUT2D eigenvalue weighted by Crippen LogP contribution is -2.11. The fraction of sp³-hybridized carbons (Fsp3) is 0.0588. The maximum absolute atomic E-state index is 8.96. The lowest BCUT2D eigenvalue weighted by Gasteiger charge is -2.08. The minimum atomic E-state index is -0.218. The summed E-state index contributed by atoms with van der Waals surface area (Å²) in [6.45, 7) is 0. The van der Waals surface area contributed by atoms with Crippen molar-refractivity contribution >= 4 is 11.3 Å². The Balaban J connectivity index is 1.91. The molecule has 0 fully saturated rings. The summed E-state index contributed by atoms with van der Waals surface area (Å²) in [4.78, 5) is 4.62. The molecule has 0 aliphatic rings. The van der Waals surface area contributed by atoms with Crippen LogP contribution >= 0.6 is 11.3 Å². The number of hydrogen-bond donors (Lipinski definition) is 1. The maximum Gasteiger partial charge on any atom is 0.115 e. The van der Waals surface area contributed by atoms with Gasteiger partial charge in [-0.3, -0.25) is 0 Å². The lowest BCUT2D eigenvalue weighted by atomic mass is 10.1. The van der Waals surface area contributed by atoms with Gasteiger partial charge in [-0.05, 0) is 17.7 Å².